The minimum absolute atomic E-state index is 0.600. The average Bonchev–Trinajstić information content (AvgIpc) is 1.78. The zero-order valence-electron chi connectivity index (χ0n) is 5.83. The first kappa shape index (κ1) is 9.86. The largest absolute Gasteiger partial charge is 0.218 e. The van der Waals surface area contributed by atoms with Crippen LogP contribution in [0.25, 0.3) is 0 Å². The van der Waals surface area contributed by atoms with E-state index in [1.54, 1.807) is 0 Å². The number of terminal acetylenes is 1. The van der Waals surface area contributed by atoms with Gasteiger partial charge in [-0.3, -0.25) is 0 Å². The molecule has 0 aromatic carbocycles. The third-order valence-electron chi connectivity index (χ3n) is 0.763. The zero-order valence-corrected chi connectivity index (χ0v) is 7.46. The van der Waals surface area contributed by atoms with Gasteiger partial charge >= 0.3 is 0 Å². The van der Waals surface area contributed by atoms with Crippen LogP contribution in [-0.4, -0.2) is 20.4 Å². The summed E-state index contributed by atoms with van der Waals surface area (Å²) < 4.78 is 21.0. The van der Waals surface area contributed by atoms with Gasteiger partial charge < -0.3 is 0 Å². The fraction of sp³-hybridized carbons (Fsp3) is 0.667. The zero-order chi connectivity index (χ0) is 8.04. The lowest BCUT2D eigenvalue weighted by atomic mass is 10.4. The van der Waals surface area contributed by atoms with Crippen LogP contribution in [0.15, 0.2) is 0 Å². The second-order valence-corrected chi connectivity index (χ2v) is 6.41. The van der Waals surface area contributed by atoms with Crippen LogP contribution in [0.5, 0.6) is 0 Å². The van der Waals surface area contributed by atoms with Gasteiger partial charge in [-0.25, -0.2) is 8.42 Å². The number of hydrogen-bond donors (Lipinski definition) is 0. The Labute approximate surface area is 65.7 Å². The van der Waals surface area contributed by atoms with E-state index in [4.69, 9.17) is 6.42 Å². The second-order valence-electron chi connectivity index (χ2n) is 1.83. The molecule has 10 heavy (non-hydrogen) atoms. The Hall–Kier alpha value is -0.140. The highest BCUT2D eigenvalue weighted by atomic mass is 33.1. The first-order valence-electron chi connectivity index (χ1n) is 2.84. The van der Waals surface area contributed by atoms with Gasteiger partial charge in [-0.15, -0.1) is 12.3 Å². The van der Waals surface area contributed by atoms with Gasteiger partial charge in [0, 0.05) is 18.4 Å². The van der Waals surface area contributed by atoms with E-state index in [1.165, 1.54) is 6.26 Å². The molecule has 0 spiro atoms. The molecule has 0 unspecified atom stereocenters. The summed E-state index contributed by atoms with van der Waals surface area (Å²) in [5.41, 5.74) is 0. The smallest absolute Gasteiger partial charge is 0.198 e. The van der Waals surface area contributed by atoms with Gasteiger partial charge in [0.1, 0.15) is 0 Å². The van der Waals surface area contributed by atoms with Crippen LogP contribution in [0.2, 0.25) is 0 Å². The Morgan fingerprint density at radius 2 is 2.20 bits per heavy atom. The molecule has 2 nitrogen and oxygen atoms in total. The van der Waals surface area contributed by atoms with Crippen LogP contribution in [0.1, 0.15) is 12.8 Å². The molecule has 0 atom stereocenters. The number of rotatable bonds is 4. The molecule has 0 aliphatic rings. The molecular formula is C6H10O2S2. The molecular weight excluding hydrogens is 168 g/mol. The lowest BCUT2D eigenvalue weighted by molar-refractivity contribution is 0.615. The summed E-state index contributed by atoms with van der Waals surface area (Å²) in [4.78, 5) is 0. The van der Waals surface area contributed by atoms with Crippen LogP contribution >= 0.6 is 10.8 Å². The van der Waals surface area contributed by atoms with E-state index in [-0.39, 0.29) is 0 Å². The third kappa shape index (κ3) is 7.86. The Bertz CT molecular complexity index is 210. The molecule has 0 fully saturated rings. The van der Waals surface area contributed by atoms with Crippen molar-refractivity contribution in [1.82, 2.24) is 0 Å². The SMILES string of the molecule is C#CCCCSS(C)(=O)=O. The topological polar surface area (TPSA) is 34.1 Å². The van der Waals surface area contributed by atoms with Crippen LogP contribution in [0.3, 0.4) is 0 Å². The lowest BCUT2D eigenvalue weighted by Crippen LogP contribution is -1.90. The van der Waals surface area contributed by atoms with Crippen molar-refractivity contribution in [3.05, 3.63) is 0 Å². The fourth-order valence-electron chi connectivity index (χ4n) is 0.385. The van der Waals surface area contributed by atoms with Crippen molar-refractivity contribution in [2.75, 3.05) is 12.0 Å². The molecule has 0 rings (SSSR count). The number of hydrogen-bond acceptors (Lipinski definition) is 3. The summed E-state index contributed by atoms with van der Waals surface area (Å²) >= 11 is 0. The molecule has 0 heterocycles. The summed E-state index contributed by atoms with van der Waals surface area (Å²) in [7, 11) is -1.91. The minimum Gasteiger partial charge on any atom is -0.218 e. The van der Waals surface area contributed by atoms with E-state index in [2.05, 4.69) is 5.92 Å². The average molecular weight is 178 g/mol. The van der Waals surface area contributed by atoms with Gasteiger partial charge in [0.05, 0.1) is 0 Å². The monoisotopic (exact) mass is 178 g/mol. The van der Waals surface area contributed by atoms with Crippen molar-refractivity contribution in [3.63, 3.8) is 0 Å². The summed E-state index contributed by atoms with van der Waals surface area (Å²) in [5.74, 6) is 3.05. The second kappa shape index (κ2) is 4.64. The summed E-state index contributed by atoms with van der Waals surface area (Å²) in [6.07, 6.45) is 7.60. The van der Waals surface area contributed by atoms with Crippen molar-refractivity contribution in [3.8, 4) is 12.3 Å². The van der Waals surface area contributed by atoms with E-state index in [0.717, 1.165) is 17.2 Å². The predicted molar refractivity (Wildman–Crippen MR) is 45.4 cm³/mol. The maximum absolute atomic E-state index is 10.5. The molecule has 58 valence electrons. The molecule has 0 aromatic heterocycles. The third-order valence-corrected chi connectivity index (χ3v) is 3.43. The molecule has 0 N–H and O–H groups in total. The first-order valence-corrected chi connectivity index (χ1v) is 6.23. The van der Waals surface area contributed by atoms with E-state index in [0.29, 0.717) is 12.2 Å². The molecule has 0 saturated heterocycles. The van der Waals surface area contributed by atoms with E-state index in [9.17, 15) is 8.42 Å². The molecule has 0 bridgehead atoms. The highest BCUT2D eigenvalue weighted by molar-refractivity contribution is 8.71. The van der Waals surface area contributed by atoms with E-state index in [1.807, 2.05) is 0 Å². The predicted octanol–water partition coefficient (Wildman–Crippen LogP) is 1.09. The Kier molecular flexibility index (Phi) is 4.58. The Morgan fingerprint density at radius 3 is 2.60 bits per heavy atom. The quantitative estimate of drug-likeness (QED) is 0.367. The van der Waals surface area contributed by atoms with Gasteiger partial charge in [-0.1, -0.05) is 0 Å². The van der Waals surface area contributed by atoms with Gasteiger partial charge in [-0.2, -0.15) is 0 Å². The van der Waals surface area contributed by atoms with E-state index < -0.39 is 8.87 Å². The summed E-state index contributed by atoms with van der Waals surface area (Å²) in [5, 5.41) is 0. The molecule has 0 saturated carbocycles. The van der Waals surface area contributed by atoms with Crippen LogP contribution in [-0.2, 0) is 8.87 Å². The van der Waals surface area contributed by atoms with Crippen LogP contribution < -0.4 is 0 Å². The van der Waals surface area contributed by atoms with Crippen molar-refractivity contribution in [2.45, 2.75) is 12.8 Å². The van der Waals surface area contributed by atoms with Crippen molar-refractivity contribution >= 4 is 19.7 Å². The maximum atomic E-state index is 10.5. The number of unbranched alkanes of at least 4 members (excludes halogenated alkanes) is 1. The van der Waals surface area contributed by atoms with E-state index >= 15 is 0 Å². The van der Waals surface area contributed by atoms with Crippen molar-refractivity contribution in [2.24, 2.45) is 0 Å². The highest BCUT2D eigenvalue weighted by Crippen LogP contribution is 2.11. The van der Waals surface area contributed by atoms with Crippen molar-refractivity contribution < 1.29 is 8.42 Å². The van der Waals surface area contributed by atoms with Gasteiger partial charge in [-0.05, 0) is 17.2 Å². The normalized spacial score (nSPS) is 10.8. The lowest BCUT2D eigenvalue weighted by Gasteiger charge is -1.93. The van der Waals surface area contributed by atoms with Gasteiger partial charge in [0.25, 0.3) is 0 Å². The summed E-state index contributed by atoms with van der Waals surface area (Å²) in [6.45, 7) is 0. The maximum Gasteiger partial charge on any atom is 0.198 e. The fourth-order valence-corrected chi connectivity index (χ4v) is 2.21. The molecule has 0 radical (unpaired) electrons. The molecule has 0 aliphatic heterocycles. The molecule has 0 amide bonds. The van der Waals surface area contributed by atoms with Crippen LogP contribution in [0.4, 0.5) is 0 Å². The summed E-state index contributed by atoms with van der Waals surface area (Å²) in [6, 6.07) is 0. The minimum atomic E-state index is -2.86. The highest BCUT2D eigenvalue weighted by Gasteiger charge is 1.99. The van der Waals surface area contributed by atoms with Crippen molar-refractivity contribution in [1.29, 1.82) is 0 Å². The molecule has 0 aliphatic carbocycles. The molecule has 4 heteroatoms. The Balaban J connectivity index is 3.32. The standard InChI is InChI=1S/C6H10O2S2/c1-3-4-5-6-9-10(2,7)8/h1H,4-6H2,2H3. The Morgan fingerprint density at radius 1 is 1.60 bits per heavy atom. The van der Waals surface area contributed by atoms with Crippen LogP contribution in [0, 0.1) is 12.3 Å². The molecule has 0 aromatic rings. The first-order chi connectivity index (χ1) is 4.56. The van der Waals surface area contributed by atoms with Gasteiger partial charge in [0.2, 0.25) is 0 Å². The van der Waals surface area contributed by atoms with Gasteiger partial charge in [0.15, 0.2) is 8.87 Å².